The van der Waals surface area contributed by atoms with Crippen LogP contribution in [0.4, 0.5) is 0 Å². The van der Waals surface area contributed by atoms with E-state index in [-0.39, 0.29) is 17.5 Å². The maximum atomic E-state index is 11.6. The quantitative estimate of drug-likeness (QED) is 0.785. The maximum Gasteiger partial charge on any atom is 0.153 e. The molecule has 2 rings (SSSR count). The van der Waals surface area contributed by atoms with Crippen molar-refractivity contribution >= 4 is 16.1 Å². The molecule has 1 saturated heterocycles. The molecule has 0 radical (unpaired) electrons. The van der Waals surface area contributed by atoms with Crippen LogP contribution in [-0.2, 0) is 20.0 Å². The standard InChI is InChI=1S/C15H21NO3S/c1-13-10-20(18,19)9-8-16(13)11-15(2,12-17)14-6-4-3-5-7-14/h3-7,12-13H,8-11H2,1-2H3. The Morgan fingerprint density at radius 1 is 1.35 bits per heavy atom. The highest BCUT2D eigenvalue weighted by Gasteiger charge is 2.34. The van der Waals surface area contributed by atoms with Crippen LogP contribution in [0.3, 0.4) is 0 Å². The highest BCUT2D eigenvalue weighted by molar-refractivity contribution is 7.91. The molecule has 1 heterocycles. The molecule has 0 spiro atoms. The number of rotatable bonds is 4. The number of nitrogens with zero attached hydrogens (tertiary/aromatic N) is 1. The van der Waals surface area contributed by atoms with Crippen LogP contribution in [0, 0.1) is 0 Å². The molecule has 1 aliphatic heterocycles. The first-order valence-corrected chi connectivity index (χ1v) is 8.65. The Morgan fingerprint density at radius 2 is 2.00 bits per heavy atom. The van der Waals surface area contributed by atoms with Gasteiger partial charge < -0.3 is 4.79 Å². The summed E-state index contributed by atoms with van der Waals surface area (Å²) in [4.78, 5) is 13.7. The lowest BCUT2D eigenvalue weighted by Crippen LogP contribution is -2.52. The van der Waals surface area contributed by atoms with Gasteiger partial charge in [0.25, 0.3) is 0 Å². The molecule has 1 fully saturated rings. The zero-order valence-electron chi connectivity index (χ0n) is 12.0. The number of hydrogen-bond donors (Lipinski definition) is 0. The highest BCUT2D eigenvalue weighted by Crippen LogP contribution is 2.25. The maximum absolute atomic E-state index is 11.6. The number of carbonyl (C=O) groups is 1. The molecule has 20 heavy (non-hydrogen) atoms. The fourth-order valence-electron chi connectivity index (χ4n) is 2.71. The molecule has 0 bridgehead atoms. The van der Waals surface area contributed by atoms with Crippen LogP contribution in [0.1, 0.15) is 19.4 Å². The zero-order chi connectivity index (χ0) is 14.8. The lowest BCUT2D eigenvalue weighted by Gasteiger charge is -2.38. The van der Waals surface area contributed by atoms with Crippen LogP contribution in [0.2, 0.25) is 0 Å². The van der Waals surface area contributed by atoms with Crippen LogP contribution in [0.15, 0.2) is 30.3 Å². The Bertz CT molecular complexity index is 570. The second-order valence-electron chi connectivity index (χ2n) is 5.84. The van der Waals surface area contributed by atoms with Gasteiger partial charge >= 0.3 is 0 Å². The molecule has 0 aliphatic carbocycles. The fourth-order valence-corrected chi connectivity index (χ4v) is 4.33. The van der Waals surface area contributed by atoms with Gasteiger partial charge in [-0.3, -0.25) is 4.90 Å². The van der Waals surface area contributed by atoms with E-state index in [1.54, 1.807) is 0 Å². The van der Waals surface area contributed by atoms with E-state index in [9.17, 15) is 13.2 Å². The number of carbonyl (C=O) groups excluding carboxylic acids is 1. The summed E-state index contributed by atoms with van der Waals surface area (Å²) < 4.78 is 23.2. The predicted molar refractivity (Wildman–Crippen MR) is 79.5 cm³/mol. The van der Waals surface area contributed by atoms with Crippen molar-refractivity contribution in [3.05, 3.63) is 35.9 Å². The van der Waals surface area contributed by atoms with Crippen molar-refractivity contribution in [2.45, 2.75) is 25.3 Å². The van der Waals surface area contributed by atoms with Crippen molar-refractivity contribution in [3.8, 4) is 0 Å². The molecule has 0 aromatic heterocycles. The minimum Gasteiger partial charge on any atom is -0.302 e. The van der Waals surface area contributed by atoms with Crippen LogP contribution in [0.25, 0.3) is 0 Å². The van der Waals surface area contributed by atoms with Crippen molar-refractivity contribution < 1.29 is 13.2 Å². The lowest BCUT2D eigenvalue weighted by atomic mass is 9.83. The SMILES string of the molecule is CC1CS(=O)(=O)CCN1CC(C)(C=O)c1ccccc1. The van der Waals surface area contributed by atoms with E-state index in [1.165, 1.54) is 0 Å². The molecule has 2 unspecified atom stereocenters. The Morgan fingerprint density at radius 3 is 2.55 bits per heavy atom. The van der Waals surface area contributed by atoms with Crippen molar-refractivity contribution in [1.29, 1.82) is 0 Å². The second-order valence-corrected chi connectivity index (χ2v) is 8.06. The van der Waals surface area contributed by atoms with Gasteiger partial charge in [0.05, 0.1) is 16.9 Å². The summed E-state index contributed by atoms with van der Waals surface area (Å²) in [6.45, 7) is 4.87. The smallest absolute Gasteiger partial charge is 0.153 e. The van der Waals surface area contributed by atoms with Crippen LogP contribution in [-0.4, -0.2) is 50.2 Å². The van der Waals surface area contributed by atoms with Gasteiger partial charge in [-0.25, -0.2) is 8.42 Å². The lowest BCUT2D eigenvalue weighted by molar-refractivity contribution is -0.112. The average Bonchev–Trinajstić information content (AvgIpc) is 2.42. The highest BCUT2D eigenvalue weighted by atomic mass is 32.2. The summed E-state index contributed by atoms with van der Waals surface area (Å²) in [5.41, 5.74) is 0.368. The molecule has 5 heteroatoms. The van der Waals surface area contributed by atoms with E-state index in [0.29, 0.717) is 13.1 Å². The van der Waals surface area contributed by atoms with E-state index < -0.39 is 15.3 Å². The van der Waals surface area contributed by atoms with Crippen LogP contribution >= 0.6 is 0 Å². The van der Waals surface area contributed by atoms with E-state index in [2.05, 4.69) is 4.90 Å². The number of benzene rings is 1. The van der Waals surface area contributed by atoms with Gasteiger partial charge in [-0.05, 0) is 19.4 Å². The first-order chi connectivity index (χ1) is 9.36. The molecule has 2 atom stereocenters. The Labute approximate surface area is 120 Å². The predicted octanol–water partition coefficient (Wildman–Crippen LogP) is 1.26. The summed E-state index contributed by atoms with van der Waals surface area (Å²) in [5, 5.41) is 0. The third-order valence-electron chi connectivity index (χ3n) is 4.03. The fraction of sp³-hybridized carbons (Fsp3) is 0.533. The Kier molecular flexibility index (Phi) is 4.30. The minimum absolute atomic E-state index is 0.0447. The Hall–Kier alpha value is -1.20. The normalized spacial score (nSPS) is 25.8. The van der Waals surface area contributed by atoms with Crippen molar-refractivity contribution in [2.24, 2.45) is 0 Å². The second kappa shape index (κ2) is 5.66. The molecule has 110 valence electrons. The third-order valence-corrected chi connectivity index (χ3v) is 5.83. The molecule has 0 amide bonds. The largest absolute Gasteiger partial charge is 0.302 e. The topological polar surface area (TPSA) is 54.5 Å². The first kappa shape index (κ1) is 15.2. The summed E-state index contributed by atoms with van der Waals surface area (Å²) in [6, 6.07) is 9.60. The Balaban J connectivity index is 2.17. The van der Waals surface area contributed by atoms with Gasteiger partial charge in [-0.1, -0.05) is 30.3 Å². The third kappa shape index (κ3) is 3.27. The average molecular weight is 295 g/mol. The van der Waals surface area contributed by atoms with Crippen LogP contribution < -0.4 is 0 Å². The molecular formula is C15H21NO3S. The molecule has 4 nitrogen and oxygen atoms in total. The molecule has 1 aromatic carbocycles. The van der Waals surface area contributed by atoms with Gasteiger partial charge in [0, 0.05) is 19.1 Å². The van der Waals surface area contributed by atoms with Gasteiger partial charge in [0.1, 0.15) is 6.29 Å². The number of sulfone groups is 1. The summed E-state index contributed by atoms with van der Waals surface area (Å²) in [5.74, 6) is 0.359. The van der Waals surface area contributed by atoms with Gasteiger partial charge in [0.2, 0.25) is 0 Å². The zero-order valence-corrected chi connectivity index (χ0v) is 12.8. The first-order valence-electron chi connectivity index (χ1n) is 6.83. The van der Waals surface area contributed by atoms with E-state index >= 15 is 0 Å². The molecule has 0 saturated carbocycles. The van der Waals surface area contributed by atoms with E-state index in [1.807, 2.05) is 44.2 Å². The summed E-state index contributed by atoms with van der Waals surface area (Å²) in [6.07, 6.45) is 0.970. The van der Waals surface area contributed by atoms with Gasteiger partial charge in [-0.2, -0.15) is 0 Å². The van der Waals surface area contributed by atoms with Gasteiger partial charge in [-0.15, -0.1) is 0 Å². The molecular weight excluding hydrogens is 274 g/mol. The summed E-state index contributed by atoms with van der Waals surface area (Å²) in [7, 11) is -2.92. The van der Waals surface area contributed by atoms with E-state index in [0.717, 1.165) is 11.8 Å². The van der Waals surface area contributed by atoms with Crippen LogP contribution in [0.5, 0.6) is 0 Å². The molecule has 0 N–H and O–H groups in total. The van der Waals surface area contributed by atoms with Crippen molar-refractivity contribution in [3.63, 3.8) is 0 Å². The minimum atomic E-state index is -2.92. The van der Waals surface area contributed by atoms with Crippen molar-refractivity contribution in [2.75, 3.05) is 24.6 Å². The molecule has 1 aromatic rings. The summed E-state index contributed by atoms with van der Waals surface area (Å²) >= 11 is 0. The molecule has 1 aliphatic rings. The number of hydrogen-bond acceptors (Lipinski definition) is 4. The van der Waals surface area contributed by atoms with Gasteiger partial charge in [0.15, 0.2) is 9.84 Å². The van der Waals surface area contributed by atoms with Crippen molar-refractivity contribution in [1.82, 2.24) is 4.90 Å². The monoisotopic (exact) mass is 295 g/mol. The van der Waals surface area contributed by atoms with E-state index in [4.69, 9.17) is 0 Å². The number of aldehydes is 1.